The third kappa shape index (κ3) is 17.2. The lowest BCUT2D eigenvalue weighted by atomic mass is 10.0. The number of anilines is 4. The van der Waals surface area contributed by atoms with Crippen LogP contribution in [0.1, 0.15) is 28.2 Å². The van der Waals surface area contributed by atoms with Gasteiger partial charge in [-0.15, -0.1) is 0 Å². The van der Waals surface area contributed by atoms with Crippen LogP contribution in [0.5, 0.6) is 0 Å². The zero-order chi connectivity index (χ0) is 69.6. The maximum atomic E-state index is 11.6. The number of nitrogens with two attached hydrogens (primary N) is 3. The molecule has 22 nitrogen and oxygen atoms in total. The Labute approximate surface area is 582 Å². The molecule has 15 rings (SSSR count). The van der Waals surface area contributed by atoms with Crippen LogP contribution in [0.15, 0.2) is 274 Å². The lowest BCUT2D eigenvalue weighted by Gasteiger charge is -2.14. The number of nitrogen functional groups attached to an aromatic ring is 1. The van der Waals surface area contributed by atoms with Gasteiger partial charge in [-0.05, 0) is 117 Å². The molecule has 0 amide bonds. The number of hydrogen-bond acceptors (Lipinski definition) is 20. The molecule has 0 aliphatic carbocycles. The molecule has 6 aromatic carbocycles. The van der Waals surface area contributed by atoms with Crippen LogP contribution in [0.2, 0.25) is 0 Å². The van der Waals surface area contributed by atoms with E-state index in [0.717, 1.165) is 94.6 Å². The number of nitrogens with one attached hydrogen (secondary N) is 3. The van der Waals surface area contributed by atoms with Crippen molar-refractivity contribution < 1.29 is 16.8 Å². The summed E-state index contributed by atoms with van der Waals surface area (Å²) in [6.07, 6.45) is 14.8. The first kappa shape index (κ1) is 66.9. The summed E-state index contributed by atoms with van der Waals surface area (Å²) in [5.41, 5.74) is 20.7. The Morgan fingerprint density at radius 3 is 0.941 bits per heavy atom. The van der Waals surface area contributed by atoms with Crippen LogP contribution in [0, 0.1) is 0 Å². The van der Waals surface area contributed by atoms with E-state index in [-0.39, 0.29) is 11.5 Å². The van der Waals surface area contributed by atoms with Crippen molar-refractivity contribution in [3.63, 3.8) is 0 Å². The molecular formula is C77H64N18O4S2. The molecule has 24 heteroatoms. The van der Waals surface area contributed by atoms with Gasteiger partial charge in [0, 0.05) is 72.5 Å². The number of fused-ring (bicyclic) bond motifs is 3. The second-order valence-corrected chi connectivity index (χ2v) is 26.4. The molecule has 498 valence electrons. The Hall–Kier alpha value is -12.7. The lowest BCUT2D eigenvalue weighted by Crippen LogP contribution is -2.14. The van der Waals surface area contributed by atoms with Crippen molar-refractivity contribution in [2.24, 2.45) is 10.3 Å². The Morgan fingerprint density at radius 1 is 0.317 bits per heavy atom. The van der Waals surface area contributed by atoms with Gasteiger partial charge in [0.2, 0.25) is 20.0 Å². The molecule has 0 unspecified atom stereocenters. The lowest BCUT2D eigenvalue weighted by molar-refractivity contribution is 0.595. The molecule has 15 aromatic rings. The molecule has 9 aromatic heterocycles. The topological polar surface area (TPSA) is 337 Å². The summed E-state index contributed by atoms with van der Waals surface area (Å²) in [6, 6.07) is 70.9. The average Bonchev–Trinajstić information content (AvgIpc) is 0.783. The number of aromatic nitrogens is 12. The summed E-state index contributed by atoms with van der Waals surface area (Å²) in [4.78, 5) is 54.7. The van der Waals surface area contributed by atoms with E-state index in [9.17, 15) is 16.8 Å². The number of pyridine rings is 6. The molecule has 0 atom stereocenters. The van der Waals surface area contributed by atoms with Crippen molar-refractivity contribution >= 4 is 75.9 Å². The average molecular weight is 1370 g/mol. The SMILES string of the molecule is NS(=O)(=O)Cc1cncc(-c2nc(NCc3ccccn3)c3c(-c4ccccc4)cccc3n2)c1.NS(=O)(=O)Cc1cncc(-c2nc(NCc3ccccn3)c3c(-c4ccccc4)cccc3n2)c1.Nc1cncc(-c2nc(NCc3ccccn3)c3c(-c4ccccc4)cccc3n2)c1. The van der Waals surface area contributed by atoms with E-state index in [2.05, 4.69) is 64.1 Å². The second kappa shape index (κ2) is 30.8. The van der Waals surface area contributed by atoms with E-state index >= 15 is 0 Å². The molecule has 0 fully saturated rings. The molecule has 0 saturated heterocycles. The van der Waals surface area contributed by atoms with Crippen LogP contribution in [-0.4, -0.2) is 76.6 Å². The van der Waals surface area contributed by atoms with Gasteiger partial charge in [0.15, 0.2) is 17.5 Å². The van der Waals surface area contributed by atoms with E-state index in [0.29, 0.717) is 76.7 Å². The molecule has 101 heavy (non-hydrogen) atoms. The number of primary sulfonamides is 2. The van der Waals surface area contributed by atoms with E-state index in [1.165, 1.54) is 12.4 Å². The standard InChI is InChI=1S/2C26H22N6O2S.C25H20N6/c2*27-35(33,34)17-18-13-20(15-28-14-18)25-31-23-11-6-10-22(19-7-2-1-3-8-19)24(23)26(32-25)30-16-21-9-4-5-12-29-21;26-19-13-18(14-27-15-19)24-30-22-11-6-10-21(17-7-2-1-3-8-17)23(22)25(31-24)29-16-20-9-4-5-12-28-20/h2*1-15H,16-17H2,(H2,27,33,34)(H,30,31,32);1-15H,16,26H2,(H,29,30,31). The van der Waals surface area contributed by atoms with Crippen LogP contribution in [-0.2, 0) is 51.2 Å². The van der Waals surface area contributed by atoms with E-state index in [1.54, 1.807) is 55.5 Å². The third-order valence-electron chi connectivity index (χ3n) is 15.8. The summed E-state index contributed by atoms with van der Waals surface area (Å²) in [5.74, 6) is 2.83. The Kier molecular flexibility index (Phi) is 20.4. The van der Waals surface area contributed by atoms with Gasteiger partial charge < -0.3 is 21.7 Å². The minimum atomic E-state index is -3.69. The summed E-state index contributed by atoms with van der Waals surface area (Å²) in [7, 11) is -7.39. The van der Waals surface area contributed by atoms with Gasteiger partial charge in [0.1, 0.15) is 17.5 Å². The number of sulfonamides is 2. The highest BCUT2D eigenvalue weighted by Crippen LogP contribution is 2.38. The highest BCUT2D eigenvalue weighted by Gasteiger charge is 2.20. The second-order valence-electron chi connectivity index (χ2n) is 23.2. The molecule has 9 heterocycles. The predicted octanol–water partition coefficient (Wildman–Crippen LogP) is 13.3. The van der Waals surface area contributed by atoms with Crippen molar-refractivity contribution in [2.45, 2.75) is 31.1 Å². The van der Waals surface area contributed by atoms with E-state index in [1.807, 2.05) is 188 Å². The Bertz CT molecular complexity index is 5390. The van der Waals surface area contributed by atoms with Crippen molar-refractivity contribution in [1.29, 1.82) is 0 Å². The first-order valence-electron chi connectivity index (χ1n) is 31.8. The first-order chi connectivity index (χ1) is 49.2. The van der Waals surface area contributed by atoms with Crippen molar-refractivity contribution in [2.75, 3.05) is 21.7 Å². The third-order valence-corrected chi connectivity index (χ3v) is 17.2. The minimum Gasteiger partial charge on any atom is -0.397 e. The Morgan fingerprint density at radius 2 is 0.634 bits per heavy atom. The molecule has 0 aliphatic heterocycles. The molecule has 0 radical (unpaired) electrons. The van der Waals surface area contributed by atoms with E-state index < -0.39 is 20.0 Å². The number of nitrogens with zero attached hydrogens (tertiary/aromatic N) is 12. The quantitative estimate of drug-likeness (QED) is 0.0438. The van der Waals surface area contributed by atoms with Crippen LogP contribution in [0.25, 0.3) is 100 Å². The summed E-state index contributed by atoms with van der Waals surface area (Å²) >= 11 is 0. The fraction of sp³-hybridized carbons (Fsp3) is 0.0649. The maximum Gasteiger partial charge on any atom is 0.213 e. The van der Waals surface area contributed by atoms with Crippen LogP contribution >= 0.6 is 0 Å². The number of rotatable bonds is 19. The van der Waals surface area contributed by atoms with Gasteiger partial charge in [-0.1, -0.05) is 146 Å². The maximum absolute atomic E-state index is 11.6. The van der Waals surface area contributed by atoms with Crippen molar-refractivity contribution in [1.82, 2.24) is 59.8 Å². The summed E-state index contributed by atoms with van der Waals surface area (Å²) in [5, 5.41) is 23.5. The Balaban J connectivity index is 0.000000136. The molecule has 0 spiro atoms. The summed E-state index contributed by atoms with van der Waals surface area (Å²) in [6.45, 7) is 1.49. The van der Waals surface area contributed by atoms with Gasteiger partial charge >= 0.3 is 0 Å². The fourth-order valence-corrected chi connectivity index (χ4v) is 12.6. The fourth-order valence-electron chi connectivity index (χ4n) is 11.3. The smallest absolute Gasteiger partial charge is 0.213 e. The number of benzene rings is 6. The molecule has 0 saturated carbocycles. The van der Waals surface area contributed by atoms with Crippen LogP contribution < -0.4 is 32.0 Å². The van der Waals surface area contributed by atoms with Gasteiger partial charge in [-0.25, -0.2) is 57.0 Å². The van der Waals surface area contributed by atoms with Crippen LogP contribution in [0.4, 0.5) is 23.1 Å². The highest BCUT2D eigenvalue weighted by atomic mass is 32.2. The molecule has 9 N–H and O–H groups in total. The van der Waals surface area contributed by atoms with Crippen LogP contribution in [0.3, 0.4) is 0 Å². The molecule has 0 aliphatic rings. The van der Waals surface area contributed by atoms with Gasteiger partial charge in [0.25, 0.3) is 0 Å². The van der Waals surface area contributed by atoms with Gasteiger partial charge in [0.05, 0.1) is 86.6 Å². The number of hydrogen-bond donors (Lipinski definition) is 6. The monoisotopic (exact) mass is 1370 g/mol. The zero-order valence-electron chi connectivity index (χ0n) is 54.1. The largest absolute Gasteiger partial charge is 0.397 e. The first-order valence-corrected chi connectivity index (χ1v) is 35.2. The van der Waals surface area contributed by atoms with E-state index in [4.69, 9.17) is 45.9 Å². The minimum absolute atomic E-state index is 0.315. The normalized spacial score (nSPS) is 11.3. The summed E-state index contributed by atoms with van der Waals surface area (Å²) < 4.78 is 46.3. The van der Waals surface area contributed by atoms with Crippen molar-refractivity contribution in [3.8, 4) is 67.5 Å². The van der Waals surface area contributed by atoms with Gasteiger partial charge in [-0.2, -0.15) is 0 Å². The zero-order valence-corrected chi connectivity index (χ0v) is 55.7. The molecular weight excluding hydrogens is 1310 g/mol. The van der Waals surface area contributed by atoms with Crippen molar-refractivity contribution in [3.05, 3.63) is 302 Å². The molecule has 0 bridgehead atoms. The highest BCUT2D eigenvalue weighted by molar-refractivity contribution is 7.88. The predicted molar refractivity (Wildman–Crippen MR) is 397 cm³/mol. The van der Waals surface area contributed by atoms with Gasteiger partial charge in [-0.3, -0.25) is 29.9 Å².